The van der Waals surface area contributed by atoms with Gasteiger partial charge in [-0.25, -0.2) is 0 Å². The minimum absolute atomic E-state index is 0.0211. The van der Waals surface area contributed by atoms with E-state index in [1.54, 1.807) is 13.0 Å². The van der Waals surface area contributed by atoms with Crippen molar-refractivity contribution in [2.75, 3.05) is 6.54 Å². The number of hydrogen-bond acceptors (Lipinski definition) is 5. The van der Waals surface area contributed by atoms with Gasteiger partial charge in [-0.3, -0.25) is 4.79 Å². The second kappa shape index (κ2) is 6.04. The number of benzene rings is 1. The summed E-state index contributed by atoms with van der Waals surface area (Å²) in [6.45, 7) is 1.64. The molecular formula is C19H20N2O4. The van der Waals surface area contributed by atoms with Crippen molar-refractivity contribution in [2.45, 2.75) is 38.2 Å². The van der Waals surface area contributed by atoms with Crippen LogP contribution in [0.5, 0.6) is 0 Å². The molecule has 0 bridgehead atoms. The van der Waals surface area contributed by atoms with Gasteiger partial charge in [0.2, 0.25) is 0 Å². The van der Waals surface area contributed by atoms with Gasteiger partial charge in [-0.1, -0.05) is 23.4 Å². The van der Waals surface area contributed by atoms with E-state index in [1.807, 2.05) is 24.3 Å². The Morgan fingerprint density at radius 2 is 2.12 bits per heavy atom. The third kappa shape index (κ3) is 2.93. The molecule has 0 saturated carbocycles. The van der Waals surface area contributed by atoms with Crippen molar-refractivity contribution in [1.82, 2.24) is 10.5 Å². The second-order valence-electron chi connectivity index (χ2n) is 6.75. The first-order valence-electron chi connectivity index (χ1n) is 8.52. The van der Waals surface area contributed by atoms with Gasteiger partial charge in [-0.05, 0) is 38.3 Å². The fourth-order valence-electron chi connectivity index (χ4n) is 3.23. The van der Waals surface area contributed by atoms with Crippen molar-refractivity contribution < 1.29 is 18.8 Å². The zero-order valence-electron chi connectivity index (χ0n) is 14.0. The third-order valence-corrected chi connectivity index (χ3v) is 4.71. The second-order valence-corrected chi connectivity index (χ2v) is 6.75. The Bertz CT molecular complexity index is 890. The van der Waals surface area contributed by atoms with Gasteiger partial charge in [0.1, 0.15) is 22.7 Å². The van der Waals surface area contributed by atoms with Gasteiger partial charge in [0.05, 0.1) is 6.54 Å². The standard InChI is InChI=1S/C19H20N2O4/c1-19(23,16-10-12-6-2-4-8-14(12)24-16)11-20-18(22)17-13-7-3-5-9-15(13)25-21-17/h2,4,6,8,10,23H,3,5,7,9,11H2,1H3,(H,20,22). The lowest BCUT2D eigenvalue weighted by molar-refractivity contribution is 0.0343. The highest BCUT2D eigenvalue weighted by molar-refractivity contribution is 5.93. The minimum atomic E-state index is -1.32. The van der Waals surface area contributed by atoms with E-state index < -0.39 is 5.60 Å². The largest absolute Gasteiger partial charge is 0.458 e. The summed E-state index contributed by atoms with van der Waals surface area (Å²) >= 11 is 0. The number of amides is 1. The summed E-state index contributed by atoms with van der Waals surface area (Å²) in [6.07, 6.45) is 3.73. The summed E-state index contributed by atoms with van der Waals surface area (Å²) in [5, 5.41) is 18.3. The molecule has 25 heavy (non-hydrogen) atoms. The molecule has 1 aliphatic carbocycles. The van der Waals surface area contributed by atoms with Crippen LogP contribution in [-0.2, 0) is 18.4 Å². The van der Waals surface area contributed by atoms with Gasteiger partial charge < -0.3 is 19.4 Å². The molecule has 1 aliphatic rings. The molecule has 6 heteroatoms. The number of nitrogens with zero attached hydrogens (tertiary/aromatic N) is 1. The van der Waals surface area contributed by atoms with Gasteiger partial charge in [0, 0.05) is 17.4 Å². The van der Waals surface area contributed by atoms with Gasteiger partial charge in [-0.15, -0.1) is 0 Å². The number of aryl methyl sites for hydroxylation is 1. The maximum absolute atomic E-state index is 12.5. The molecule has 6 nitrogen and oxygen atoms in total. The highest BCUT2D eigenvalue weighted by Gasteiger charge is 2.30. The molecule has 3 aromatic rings. The SMILES string of the molecule is CC(O)(CNC(=O)c1noc2c1CCCC2)c1cc2ccccc2o1. The number of para-hydroxylation sites is 1. The number of nitrogens with one attached hydrogen (secondary N) is 1. The van der Waals surface area contributed by atoms with E-state index in [2.05, 4.69) is 10.5 Å². The molecule has 130 valence electrons. The van der Waals surface area contributed by atoms with Crippen LogP contribution < -0.4 is 5.32 Å². The van der Waals surface area contributed by atoms with Crippen LogP contribution in [0.3, 0.4) is 0 Å². The fraction of sp³-hybridized carbons (Fsp3) is 0.368. The summed E-state index contributed by atoms with van der Waals surface area (Å²) in [4.78, 5) is 12.5. The van der Waals surface area contributed by atoms with Crippen LogP contribution in [0.15, 0.2) is 39.3 Å². The Balaban J connectivity index is 1.49. The average Bonchev–Trinajstić information content (AvgIpc) is 3.24. The third-order valence-electron chi connectivity index (χ3n) is 4.71. The summed E-state index contributed by atoms with van der Waals surface area (Å²) < 4.78 is 11.0. The van der Waals surface area contributed by atoms with E-state index in [1.165, 1.54) is 0 Å². The summed E-state index contributed by atoms with van der Waals surface area (Å²) in [6, 6.07) is 9.33. The molecule has 1 amide bonds. The smallest absolute Gasteiger partial charge is 0.273 e. The maximum atomic E-state index is 12.5. The lowest BCUT2D eigenvalue weighted by Crippen LogP contribution is -2.38. The monoisotopic (exact) mass is 340 g/mol. The van der Waals surface area contributed by atoms with E-state index in [0.29, 0.717) is 17.0 Å². The molecule has 1 aromatic carbocycles. The molecule has 1 atom stereocenters. The molecule has 0 spiro atoms. The first-order chi connectivity index (χ1) is 12.0. The van der Waals surface area contributed by atoms with Crippen molar-refractivity contribution in [3.8, 4) is 0 Å². The molecule has 2 N–H and O–H groups in total. The van der Waals surface area contributed by atoms with Crippen LogP contribution in [0.2, 0.25) is 0 Å². The van der Waals surface area contributed by atoms with Gasteiger partial charge in [-0.2, -0.15) is 0 Å². The lowest BCUT2D eigenvalue weighted by atomic mass is 9.96. The zero-order chi connectivity index (χ0) is 17.4. The number of fused-ring (bicyclic) bond motifs is 2. The van der Waals surface area contributed by atoms with Crippen molar-refractivity contribution >= 4 is 16.9 Å². The number of carbonyl (C=O) groups is 1. The predicted octanol–water partition coefficient (Wildman–Crippen LogP) is 2.94. The molecule has 4 rings (SSSR count). The van der Waals surface area contributed by atoms with E-state index in [4.69, 9.17) is 8.94 Å². The van der Waals surface area contributed by atoms with E-state index in [0.717, 1.165) is 42.4 Å². The van der Waals surface area contributed by atoms with Gasteiger partial charge in [0.15, 0.2) is 5.69 Å². The Morgan fingerprint density at radius 1 is 1.32 bits per heavy atom. The Kier molecular flexibility index (Phi) is 3.84. The molecule has 0 saturated heterocycles. The number of carbonyl (C=O) groups excluding carboxylic acids is 1. The fourth-order valence-corrected chi connectivity index (χ4v) is 3.23. The van der Waals surface area contributed by atoms with Crippen LogP contribution in [0, 0.1) is 0 Å². The maximum Gasteiger partial charge on any atom is 0.273 e. The molecule has 0 radical (unpaired) electrons. The molecule has 0 fully saturated rings. The van der Waals surface area contributed by atoms with Crippen LogP contribution in [0.1, 0.15) is 47.3 Å². The summed E-state index contributed by atoms with van der Waals surface area (Å²) in [5.74, 6) is 0.889. The number of rotatable bonds is 4. The first kappa shape index (κ1) is 15.9. The van der Waals surface area contributed by atoms with Crippen LogP contribution >= 0.6 is 0 Å². The average molecular weight is 340 g/mol. The quantitative estimate of drug-likeness (QED) is 0.762. The van der Waals surface area contributed by atoms with Crippen LogP contribution in [0.4, 0.5) is 0 Å². The van der Waals surface area contributed by atoms with E-state index in [-0.39, 0.29) is 12.5 Å². The van der Waals surface area contributed by atoms with Gasteiger partial charge >= 0.3 is 0 Å². The normalized spacial score (nSPS) is 16.4. The van der Waals surface area contributed by atoms with E-state index >= 15 is 0 Å². The minimum Gasteiger partial charge on any atom is -0.458 e. The van der Waals surface area contributed by atoms with Crippen LogP contribution in [-0.4, -0.2) is 22.7 Å². The Morgan fingerprint density at radius 3 is 2.96 bits per heavy atom. The Hall–Kier alpha value is -2.60. The van der Waals surface area contributed by atoms with E-state index in [9.17, 15) is 9.90 Å². The molecular weight excluding hydrogens is 320 g/mol. The number of aliphatic hydroxyl groups is 1. The Labute approximate surface area is 144 Å². The molecule has 2 heterocycles. The highest BCUT2D eigenvalue weighted by atomic mass is 16.5. The number of aromatic nitrogens is 1. The molecule has 0 aliphatic heterocycles. The molecule has 1 unspecified atom stereocenters. The van der Waals surface area contributed by atoms with Crippen molar-refractivity contribution in [2.24, 2.45) is 0 Å². The molecule has 2 aromatic heterocycles. The zero-order valence-corrected chi connectivity index (χ0v) is 14.0. The highest BCUT2D eigenvalue weighted by Crippen LogP contribution is 2.28. The first-order valence-corrected chi connectivity index (χ1v) is 8.52. The topological polar surface area (TPSA) is 88.5 Å². The van der Waals surface area contributed by atoms with Crippen molar-refractivity contribution in [3.63, 3.8) is 0 Å². The van der Waals surface area contributed by atoms with Crippen molar-refractivity contribution in [1.29, 1.82) is 0 Å². The number of hydrogen-bond donors (Lipinski definition) is 2. The van der Waals surface area contributed by atoms with Crippen LogP contribution in [0.25, 0.3) is 11.0 Å². The van der Waals surface area contributed by atoms with Gasteiger partial charge in [0.25, 0.3) is 5.91 Å². The predicted molar refractivity (Wildman–Crippen MR) is 91.3 cm³/mol. The van der Waals surface area contributed by atoms with Crippen molar-refractivity contribution in [3.05, 3.63) is 53.1 Å². The lowest BCUT2D eigenvalue weighted by Gasteiger charge is -2.21. The summed E-state index contributed by atoms with van der Waals surface area (Å²) in [5.41, 5.74) is 0.607. The number of furan rings is 1. The summed E-state index contributed by atoms with van der Waals surface area (Å²) in [7, 11) is 0.